The number of rotatable bonds is 18. The minimum Gasteiger partial charge on any atom is -0.459 e. The monoisotopic (exact) mass is 702 g/mol. The quantitative estimate of drug-likeness (QED) is 0.0375. The van der Waals surface area contributed by atoms with E-state index in [4.69, 9.17) is 32.6 Å². The number of fused-ring (bicyclic) bond motifs is 3. The number of urea groups is 2. The molecular formula is C36H46N8O7. The van der Waals surface area contributed by atoms with Gasteiger partial charge >= 0.3 is 24.1 Å². The van der Waals surface area contributed by atoms with Gasteiger partial charge in [-0.25, -0.2) is 30.9 Å². The summed E-state index contributed by atoms with van der Waals surface area (Å²) in [5.41, 5.74) is 15.5. The van der Waals surface area contributed by atoms with Crippen LogP contribution in [0.25, 0.3) is 11.1 Å². The molecule has 0 unspecified atom stereocenters. The number of unbranched alkanes of at least 4 members (excludes halogenated alkanes) is 2. The summed E-state index contributed by atoms with van der Waals surface area (Å²) in [6.45, 7) is 0.458. The van der Waals surface area contributed by atoms with Gasteiger partial charge in [0.2, 0.25) is 5.91 Å². The van der Waals surface area contributed by atoms with Crippen molar-refractivity contribution in [3.63, 3.8) is 0 Å². The molecule has 15 nitrogen and oxygen atoms in total. The molecule has 0 fully saturated rings. The lowest BCUT2D eigenvalue weighted by molar-refractivity contribution is -0.147. The van der Waals surface area contributed by atoms with Crippen LogP contribution in [0.2, 0.25) is 0 Å². The molecule has 0 aliphatic heterocycles. The van der Waals surface area contributed by atoms with Crippen LogP contribution >= 0.6 is 0 Å². The van der Waals surface area contributed by atoms with Crippen molar-refractivity contribution in [3.05, 3.63) is 95.6 Å². The molecule has 1 aliphatic carbocycles. The van der Waals surface area contributed by atoms with E-state index in [0.717, 1.165) is 32.8 Å². The smallest absolute Gasteiger partial charge is 0.407 e. The highest BCUT2D eigenvalue weighted by Gasteiger charge is 2.30. The predicted molar refractivity (Wildman–Crippen MR) is 189 cm³/mol. The molecule has 10 N–H and O–H groups in total. The van der Waals surface area contributed by atoms with Crippen LogP contribution in [-0.4, -0.2) is 71.8 Å². The van der Waals surface area contributed by atoms with E-state index in [-0.39, 0.29) is 45.1 Å². The van der Waals surface area contributed by atoms with Crippen LogP contribution in [0.3, 0.4) is 0 Å². The van der Waals surface area contributed by atoms with Crippen LogP contribution < -0.4 is 33.8 Å². The molecule has 6 amide bonds. The second-order valence-electron chi connectivity index (χ2n) is 12.2. The maximum absolute atomic E-state index is 13.2. The van der Waals surface area contributed by atoms with E-state index < -0.39 is 42.1 Å². The topological polar surface area (TPSA) is 238 Å². The molecule has 3 aromatic carbocycles. The summed E-state index contributed by atoms with van der Waals surface area (Å²) >= 11 is 0. The van der Waals surface area contributed by atoms with Crippen molar-refractivity contribution in [1.82, 2.24) is 20.7 Å². The fourth-order valence-electron chi connectivity index (χ4n) is 5.94. The summed E-state index contributed by atoms with van der Waals surface area (Å²) in [5, 5.41) is 6.91. The van der Waals surface area contributed by atoms with Gasteiger partial charge < -0.3 is 31.6 Å². The molecule has 0 spiro atoms. The molecule has 4 rings (SSSR count). The van der Waals surface area contributed by atoms with Crippen LogP contribution in [0.1, 0.15) is 61.1 Å². The van der Waals surface area contributed by atoms with Crippen LogP contribution in [-0.2, 0) is 25.7 Å². The van der Waals surface area contributed by atoms with Gasteiger partial charge in [-0.05, 0) is 66.3 Å². The Bertz CT molecular complexity index is 1610. The van der Waals surface area contributed by atoms with E-state index in [1.807, 2.05) is 78.9 Å². The largest absolute Gasteiger partial charge is 0.459 e. The van der Waals surface area contributed by atoms with Crippen molar-refractivity contribution >= 4 is 30.0 Å². The molecule has 0 saturated carbocycles. The fourth-order valence-corrected chi connectivity index (χ4v) is 5.94. The summed E-state index contributed by atoms with van der Waals surface area (Å²) in [7, 11) is 0. The molecule has 0 saturated heterocycles. The molecule has 0 heterocycles. The lowest BCUT2D eigenvalue weighted by atomic mass is 9.98. The Morgan fingerprint density at radius 1 is 0.725 bits per heavy atom. The number of carbonyl (C=O) groups excluding carboxylic acids is 5. The summed E-state index contributed by atoms with van der Waals surface area (Å²) in [6, 6.07) is 21.3. The Morgan fingerprint density at radius 3 is 1.96 bits per heavy atom. The molecule has 51 heavy (non-hydrogen) atoms. The molecular weight excluding hydrogens is 656 g/mol. The third-order valence-corrected chi connectivity index (χ3v) is 8.67. The second kappa shape index (κ2) is 18.9. The highest BCUT2D eigenvalue weighted by molar-refractivity contribution is 5.86. The van der Waals surface area contributed by atoms with Gasteiger partial charge in [0.25, 0.3) is 0 Å². The summed E-state index contributed by atoms with van der Waals surface area (Å²) in [6.07, 6.45) is 1.27. The maximum Gasteiger partial charge on any atom is 0.407 e. The number of alkyl carbamates (subject to hydrolysis) is 1. The van der Waals surface area contributed by atoms with Gasteiger partial charge in [-0.3, -0.25) is 14.8 Å². The minimum absolute atomic E-state index is 0.0290. The first-order valence-electron chi connectivity index (χ1n) is 16.8. The van der Waals surface area contributed by atoms with Crippen molar-refractivity contribution < 1.29 is 33.4 Å². The number of ether oxygens (including phenoxy) is 2. The first kappa shape index (κ1) is 38.1. The number of nitrogens with zero attached hydrogens (tertiary/aromatic N) is 2. The van der Waals surface area contributed by atoms with Gasteiger partial charge in [-0.15, -0.1) is 0 Å². The molecule has 272 valence electrons. The second-order valence-corrected chi connectivity index (χ2v) is 12.2. The van der Waals surface area contributed by atoms with E-state index in [9.17, 15) is 24.0 Å². The van der Waals surface area contributed by atoms with Gasteiger partial charge in [-0.1, -0.05) is 78.9 Å². The number of esters is 1. The van der Waals surface area contributed by atoms with E-state index in [1.165, 1.54) is 0 Å². The molecule has 0 bridgehead atoms. The van der Waals surface area contributed by atoms with Gasteiger partial charge in [0.05, 0.1) is 0 Å². The minimum atomic E-state index is -1.06. The first-order valence-corrected chi connectivity index (χ1v) is 16.8. The summed E-state index contributed by atoms with van der Waals surface area (Å²) in [4.78, 5) is 62.0. The number of nitrogens with one attached hydrogen (secondary N) is 2. The Labute approximate surface area is 296 Å². The lowest BCUT2D eigenvalue weighted by Crippen LogP contribution is -2.55. The zero-order chi connectivity index (χ0) is 36.8. The standard InChI is InChI=1S/C36H46N8O7/c37-34(47)43(39)21-11-9-19-31(44(40)35(38)48)32(45)41-20-10-8-18-30(33(46)50-22-24-12-2-1-3-13-24)42-36(49)51-23-29-27-16-6-4-14-25(27)26-15-5-7-17-28(26)29/h1-7,12-17,29-31H,8-11,18-23,39-40H2,(H2,37,47)(H2,38,48)(H,41,45)(H,42,49)/t30-,31-/m0/s1. The SMILES string of the molecule is NC(=O)N(N)CCCC[C@@H](C(=O)NCCCC[C@H](NC(=O)OCC1c2ccccc2-c2ccccc21)C(=O)OCc1ccccc1)N(N)C(N)=O. The molecule has 3 aromatic rings. The Kier molecular flexibility index (Phi) is 14.1. The number of primary amides is 2. The normalized spacial score (nSPS) is 12.8. The van der Waals surface area contributed by atoms with Crippen molar-refractivity contribution in [1.29, 1.82) is 0 Å². The van der Waals surface area contributed by atoms with E-state index in [0.29, 0.717) is 30.7 Å². The highest BCUT2D eigenvalue weighted by atomic mass is 16.6. The first-order chi connectivity index (χ1) is 24.6. The van der Waals surface area contributed by atoms with Crippen molar-refractivity contribution in [2.24, 2.45) is 23.2 Å². The van der Waals surface area contributed by atoms with Crippen molar-refractivity contribution in [3.8, 4) is 11.1 Å². The number of hydrogen-bond acceptors (Lipinski definition) is 9. The zero-order valence-electron chi connectivity index (χ0n) is 28.4. The van der Waals surface area contributed by atoms with E-state index in [2.05, 4.69) is 10.6 Å². The fraction of sp³-hybridized carbons (Fsp3) is 0.361. The Balaban J connectivity index is 1.30. The van der Waals surface area contributed by atoms with Crippen LogP contribution in [0.15, 0.2) is 78.9 Å². The third kappa shape index (κ3) is 10.9. The Morgan fingerprint density at radius 2 is 1.33 bits per heavy atom. The van der Waals surface area contributed by atoms with E-state index >= 15 is 0 Å². The van der Waals surface area contributed by atoms with Gasteiger partial charge in [-0.2, -0.15) is 0 Å². The number of amides is 6. The third-order valence-electron chi connectivity index (χ3n) is 8.67. The molecule has 15 heteroatoms. The molecule has 0 aromatic heterocycles. The number of hydrazine groups is 2. The average molecular weight is 703 g/mol. The number of hydrogen-bond donors (Lipinski definition) is 6. The number of nitrogens with two attached hydrogens (primary N) is 4. The van der Waals surface area contributed by atoms with Gasteiger partial charge in [0, 0.05) is 19.0 Å². The molecule has 1 aliphatic rings. The summed E-state index contributed by atoms with van der Waals surface area (Å²) in [5.74, 6) is 9.97. The van der Waals surface area contributed by atoms with E-state index in [1.54, 1.807) is 0 Å². The van der Waals surface area contributed by atoms with Crippen LogP contribution in [0, 0.1) is 0 Å². The summed E-state index contributed by atoms with van der Waals surface area (Å²) < 4.78 is 11.2. The van der Waals surface area contributed by atoms with Gasteiger partial charge in [0.15, 0.2) is 0 Å². The Hall–Kier alpha value is -5.67. The maximum atomic E-state index is 13.2. The highest BCUT2D eigenvalue weighted by Crippen LogP contribution is 2.44. The van der Waals surface area contributed by atoms with Crippen molar-refractivity contribution in [2.45, 2.75) is 63.1 Å². The van der Waals surface area contributed by atoms with Crippen molar-refractivity contribution in [2.75, 3.05) is 19.7 Å². The zero-order valence-corrected chi connectivity index (χ0v) is 28.4. The number of benzene rings is 3. The van der Waals surface area contributed by atoms with Crippen LogP contribution in [0.5, 0.6) is 0 Å². The number of carbonyl (C=O) groups is 5. The lowest BCUT2D eigenvalue weighted by Gasteiger charge is -2.25. The molecule has 2 atom stereocenters. The predicted octanol–water partition coefficient (Wildman–Crippen LogP) is 2.97. The average Bonchev–Trinajstić information content (AvgIpc) is 3.45. The molecule has 0 radical (unpaired) electrons. The van der Waals surface area contributed by atoms with Gasteiger partial charge in [0.1, 0.15) is 25.3 Å². The van der Waals surface area contributed by atoms with Crippen LogP contribution in [0.4, 0.5) is 14.4 Å².